The lowest BCUT2D eigenvalue weighted by Crippen LogP contribution is -2.15. The van der Waals surface area contributed by atoms with E-state index in [1.165, 1.54) is 0 Å². The van der Waals surface area contributed by atoms with Crippen LogP contribution in [0.25, 0.3) is 17.2 Å². The molecule has 0 unspecified atom stereocenters. The summed E-state index contributed by atoms with van der Waals surface area (Å²) in [5.41, 5.74) is 5.27. The average Bonchev–Trinajstić information content (AvgIpc) is 3.61. The zero-order valence-corrected chi connectivity index (χ0v) is 25.9. The summed E-state index contributed by atoms with van der Waals surface area (Å²) in [6.07, 6.45) is 6.95. The van der Waals surface area contributed by atoms with Crippen LogP contribution in [0.2, 0.25) is 0 Å². The molecular formula is C35H40N2O4S. The van der Waals surface area contributed by atoms with Crippen molar-refractivity contribution in [1.29, 1.82) is 0 Å². The third-order valence-corrected chi connectivity index (χ3v) is 7.56. The van der Waals surface area contributed by atoms with Crippen LogP contribution in [-0.2, 0) is 33.7 Å². The fourth-order valence-electron chi connectivity index (χ4n) is 4.58. The van der Waals surface area contributed by atoms with E-state index < -0.39 is 0 Å². The van der Waals surface area contributed by atoms with Crippen LogP contribution in [0, 0.1) is 0 Å². The highest BCUT2D eigenvalue weighted by Crippen LogP contribution is 2.24. The van der Waals surface area contributed by atoms with Crippen molar-refractivity contribution in [2.75, 3.05) is 0 Å². The highest BCUT2D eigenvalue weighted by Gasteiger charge is 2.17. The molecule has 0 N–H and O–H groups in total. The summed E-state index contributed by atoms with van der Waals surface area (Å²) in [6, 6.07) is 20.0. The van der Waals surface area contributed by atoms with E-state index >= 15 is 0 Å². The van der Waals surface area contributed by atoms with Crippen molar-refractivity contribution >= 4 is 29.4 Å². The van der Waals surface area contributed by atoms with E-state index in [-0.39, 0.29) is 24.1 Å². The SMILES string of the molecule is CCCCc1ncc(/C=C(\Cc2cccs2)C(=O)OC(C)C)n1Cc1ccc(-c2ccc(C(=O)OC(C)C)cc2)cc1. The van der Waals surface area contributed by atoms with E-state index in [1.807, 2.05) is 69.6 Å². The van der Waals surface area contributed by atoms with Crippen LogP contribution in [0.1, 0.15) is 79.8 Å². The van der Waals surface area contributed by atoms with Gasteiger partial charge in [-0.2, -0.15) is 0 Å². The number of nitrogens with zero attached hydrogens (tertiary/aromatic N) is 2. The molecular weight excluding hydrogens is 544 g/mol. The van der Waals surface area contributed by atoms with Gasteiger partial charge in [-0.15, -0.1) is 11.3 Å². The van der Waals surface area contributed by atoms with Crippen molar-refractivity contribution in [3.63, 3.8) is 0 Å². The van der Waals surface area contributed by atoms with E-state index in [0.717, 1.165) is 52.3 Å². The number of aromatic nitrogens is 2. The van der Waals surface area contributed by atoms with Gasteiger partial charge in [0.15, 0.2) is 0 Å². The monoisotopic (exact) mass is 584 g/mol. The molecule has 0 aliphatic rings. The number of imidazole rings is 1. The number of esters is 2. The number of hydrogen-bond donors (Lipinski definition) is 0. The number of rotatable bonds is 13. The van der Waals surface area contributed by atoms with Crippen LogP contribution in [0.15, 0.2) is 77.8 Å². The van der Waals surface area contributed by atoms with Crippen molar-refractivity contribution in [3.8, 4) is 11.1 Å². The summed E-state index contributed by atoms with van der Waals surface area (Å²) < 4.78 is 13.1. The standard InChI is InChI=1S/C35H40N2O4S/c1-6-7-10-33-36-22-31(20-30(35(39)41-25(4)5)21-32-9-8-19-42-32)37(33)23-26-11-13-27(14-12-26)28-15-17-29(18-16-28)34(38)40-24(2)3/h8-9,11-20,22,24-25H,6-7,10,21,23H2,1-5H3/b30-20+. The lowest BCUT2D eigenvalue weighted by atomic mass is 10.0. The first kappa shape index (κ1) is 31.0. The van der Waals surface area contributed by atoms with Gasteiger partial charge in [0, 0.05) is 29.8 Å². The molecule has 4 rings (SSSR count). The first-order valence-electron chi connectivity index (χ1n) is 14.6. The van der Waals surface area contributed by atoms with Gasteiger partial charge in [0.2, 0.25) is 0 Å². The van der Waals surface area contributed by atoms with Gasteiger partial charge in [-0.3, -0.25) is 0 Å². The molecule has 0 saturated heterocycles. The number of benzene rings is 2. The minimum absolute atomic E-state index is 0.153. The van der Waals surface area contributed by atoms with Gasteiger partial charge < -0.3 is 14.0 Å². The number of carbonyl (C=O) groups is 2. The number of ether oxygens (including phenoxy) is 2. The van der Waals surface area contributed by atoms with Gasteiger partial charge in [0.1, 0.15) is 5.82 Å². The Hall–Kier alpha value is -3.97. The quantitative estimate of drug-likeness (QED) is 0.117. The maximum Gasteiger partial charge on any atom is 0.338 e. The molecule has 0 fully saturated rings. The number of carbonyl (C=O) groups excluding carboxylic acids is 2. The van der Waals surface area contributed by atoms with Crippen LogP contribution in [-0.4, -0.2) is 33.7 Å². The molecule has 4 aromatic rings. The van der Waals surface area contributed by atoms with Gasteiger partial charge in [0.05, 0.1) is 29.7 Å². The maximum atomic E-state index is 13.1. The first-order valence-corrected chi connectivity index (χ1v) is 15.5. The second-order valence-corrected chi connectivity index (χ2v) is 11.9. The molecule has 2 aromatic heterocycles. The Morgan fingerprint density at radius 2 is 1.60 bits per heavy atom. The van der Waals surface area contributed by atoms with Crippen LogP contribution >= 0.6 is 11.3 Å². The molecule has 42 heavy (non-hydrogen) atoms. The Balaban J connectivity index is 1.59. The lowest BCUT2D eigenvalue weighted by Gasteiger charge is -2.14. The largest absolute Gasteiger partial charge is 0.460 e. The minimum atomic E-state index is -0.313. The number of unbranched alkanes of at least 4 members (excludes halogenated alkanes) is 1. The summed E-state index contributed by atoms with van der Waals surface area (Å²) in [7, 11) is 0. The topological polar surface area (TPSA) is 70.4 Å². The molecule has 0 aliphatic heterocycles. The van der Waals surface area contributed by atoms with Crippen molar-refractivity contribution in [3.05, 3.63) is 105 Å². The maximum absolute atomic E-state index is 13.1. The molecule has 0 radical (unpaired) electrons. The third kappa shape index (κ3) is 8.52. The van der Waals surface area contributed by atoms with E-state index in [4.69, 9.17) is 14.5 Å². The van der Waals surface area contributed by atoms with Gasteiger partial charge >= 0.3 is 11.9 Å². The van der Waals surface area contributed by atoms with Crippen molar-refractivity contribution < 1.29 is 19.1 Å². The number of thiophene rings is 1. The smallest absolute Gasteiger partial charge is 0.338 e. The zero-order valence-electron chi connectivity index (χ0n) is 25.1. The molecule has 6 nitrogen and oxygen atoms in total. The highest BCUT2D eigenvalue weighted by atomic mass is 32.1. The number of hydrogen-bond acceptors (Lipinski definition) is 6. The van der Waals surface area contributed by atoms with Crippen LogP contribution in [0.3, 0.4) is 0 Å². The average molecular weight is 585 g/mol. The summed E-state index contributed by atoms with van der Waals surface area (Å²) in [6.45, 7) is 10.2. The van der Waals surface area contributed by atoms with Gasteiger partial charge in [-0.1, -0.05) is 55.8 Å². The molecule has 0 atom stereocenters. The third-order valence-electron chi connectivity index (χ3n) is 6.69. The normalized spacial score (nSPS) is 11.7. The Morgan fingerprint density at radius 3 is 2.19 bits per heavy atom. The summed E-state index contributed by atoms with van der Waals surface area (Å²) in [4.78, 5) is 31.1. The Labute approximate surface area is 253 Å². The van der Waals surface area contributed by atoms with E-state index in [1.54, 1.807) is 23.5 Å². The fraction of sp³-hybridized carbons (Fsp3) is 0.343. The van der Waals surface area contributed by atoms with E-state index in [0.29, 0.717) is 24.1 Å². The Morgan fingerprint density at radius 1 is 0.929 bits per heavy atom. The minimum Gasteiger partial charge on any atom is -0.460 e. The number of aryl methyl sites for hydroxylation is 1. The molecule has 220 valence electrons. The Bertz CT molecular complexity index is 1480. The van der Waals surface area contributed by atoms with Crippen LogP contribution in [0.5, 0.6) is 0 Å². The molecule has 0 spiro atoms. The van der Waals surface area contributed by atoms with E-state index in [9.17, 15) is 9.59 Å². The zero-order chi connectivity index (χ0) is 30.1. The van der Waals surface area contributed by atoms with Crippen LogP contribution in [0.4, 0.5) is 0 Å². The first-order chi connectivity index (χ1) is 20.2. The summed E-state index contributed by atoms with van der Waals surface area (Å²) in [5.74, 6) is 0.393. The summed E-state index contributed by atoms with van der Waals surface area (Å²) in [5, 5.41) is 2.02. The van der Waals surface area contributed by atoms with Gasteiger partial charge in [-0.05, 0) is 80.5 Å². The summed E-state index contributed by atoms with van der Waals surface area (Å²) >= 11 is 1.63. The van der Waals surface area contributed by atoms with Crippen molar-refractivity contribution in [2.24, 2.45) is 0 Å². The second-order valence-electron chi connectivity index (χ2n) is 10.9. The van der Waals surface area contributed by atoms with Crippen molar-refractivity contribution in [2.45, 2.75) is 79.1 Å². The fourth-order valence-corrected chi connectivity index (χ4v) is 5.31. The molecule has 2 aromatic carbocycles. The molecule has 0 amide bonds. The molecule has 0 aliphatic carbocycles. The molecule has 2 heterocycles. The predicted molar refractivity (Wildman–Crippen MR) is 170 cm³/mol. The molecule has 0 saturated carbocycles. The lowest BCUT2D eigenvalue weighted by molar-refractivity contribution is -0.142. The predicted octanol–water partition coefficient (Wildman–Crippen LogP) is 8.15. The highest BCUT2D eigenvalue weighted by molar-refractivity contribution is 7.09. The molecule has 0 bridgehead atoms. The van der Waals surface area contributed by atoms with Gasteiger partial charge in [-0.25, -0.2) is 14.6 Å². The molecule has 7 heteroatoms. The van der Waals surface area contributed by atoms with Crippen molar-refractivity contribution in [1.82, 2.24) is 9.55 Å². The Kier molecular flexibility index (Phi) is 10.9. The second kappa shape index (κ2) is 14.8. The van der Waals surface area contributed by atoms with E-state index in [2.05, 4.69) is 35.8 Å². The van der Waals surface area contributed by atoms with Crippen LogP contribution < -0.4 is 0 Å². The van der Waals surface area contributed by atoms with Gasteiger partial charge in [0.25, 0.3) is 0 Å².